The summed E-state index contributed by atoms with van der Waals surface area (Å²) >= 11 is 6.11. The lowest BCUT2D eigenvalue weighted by Crippen LogP contribution is -2.32. The molecule has 1 unspecified atom stereocenters. The van der Waals surface area contributed by atoms with Crippen LogP contribution in [0.3, 0.4) is 0 Å². The summed E-state index contributed by atoms with van der Waals surface area (Å²) in [5.41, 5.74) is 2.46. The van der Waals surface area contributed by atoms with Crippen molar-refractivity contribution in [2.45, 2.75) is 45.7 Å². The molecule has 0 aliphatic rings. The molecule has 0 aliphatic carbocycles. The Labute approximate surface area is 171 Å². The topological polar surface area (TPSA) is 67.4 Å². The molecule has 28 heavy (non-hydrogen) atoms. The maximum absolute atomic E-state index is 12.2. The van der Waals surface area contributed by atoms with Crippen molar-refractivity contribution >= 4 is 23.4 Å². The molecular weight excluding hydrogens is 376 g/mol. The van der Waals surface area contributed by atoms with E-state index in [1.165, 1.54) is 0 Å². The number of hydrogen-bond acceptors (Lipinski definition) is 3. The van der Waals surface area contributed by atoms with Gasteiger partial charge in [-0.25, -0.2) is 0 Å². The SMILES string of the molecule is CCC(C)NC(=O)c1cccc(CNC(=O)CCc2ccc(OC)c(Cl)c2)c1. The quantitative estimate of drug-likeness (QED) is 0.662. The Morgan fingerprint density at radius 2 is 1.93 bits per heavy atom. The molecule has 0 spiro atoms. The molecule has 5 nitrogen and oxygen atoms in total. The van der Waals surface area contributed by atoms with Gasteiger partial charge in [-0.1, -0.05) is 36.7 Å². The Morgan fingerprint density at radius 1 is 1.14 bits per heavy atom. The zero-order valence-corrected chi connectivity index (χ0v) is 17.3. The highest BCUT2D eigenvalue weighted by molar-refractivity contribution is 6.32. The molecule has 2 amide bonds. The third-order valence-corrected chi connectivity index (χ3v) is 4.82. The van der Waals surface area contributed by atoms with Gasteiger partial charge in [-0.05, 0) is 55.2 Å². The van der Waals surface area contributed by atoms with Gasteiger partial charge < -0.3 is 15.4 Å². The average Bonchev–Trinajstić information content (AvgIpc) is 2.70. The third kappa shape index (κ3) is 6.57. The smallest absolute Gasteiger partial charge is 0.251 e. The fourth-order valence-corrected chi connectivity index (χ4v) is 2.92. The van der Waals surface area contributed by atoms with Crippen molar-refractivity contribution < 1.29 is 14.3 Å². The normalized spacial score (nSPS) is 11.6. The summed E-state index contributed by atoms with van der Waals surface area (Å²) in [7, 11) is 1.57. The van der Waals surface area contributed by atoms with Gasteiger partial charge in [-0.2, -0.15) is 0 Å². The summed E-state index contributed by atoms with van der Waals surface area (Å²) in [4.78, 5) is 24.4. The molecule has 0 saturated heterocycles. The molecule has 0 fully saturated rings. The van der Waals surface area contributed by atoms with Gasteiger partial charge in [-0.3, -0.25) is 9.59 Å². The lowest BCUT2D eigenvalue weighted by molar-refractivity contribution is -0.121. The number of halogens is 1. The molecule has 2 aromatic carbocycles. The lowest BCUT2D eigenvalue weighted by Gasteiger charge is -2.12. The first-order valence-corrected chi connectivity index (χ1v) is 9.79. The molecule has 2 rings (SSSR count). The summed E-state index contributed by atoms with van der Waals surface area (Å²) < 4.78 is 5.13. The van der Waals surface area contributed by atoms with E-state index in [2.05, 4.69) is 10.6 Å². The lowest BCUT2D eigenvalue weighted by atomic mass is 10.1. The van der Waals surface area contributed by atoms with Crippen molar-refractivity contribution in [3.63, 3.8) is 0 Å². The standard InChI is InChI=1S/C22H27ClN2O3/c1-4-15(2)25-22(27)18-7-5-6-17(12-18)14-24-21(26)11-9-16-8-10-20(28-3)19(23)13-16/h5-8,10,12-13,15H,4,9,11,14H2,1-3H3,(H,24,26)(H,25,27). The highest BCUT2D eigenvalue weighted by atomic mass is 35.5. The van der Waals surface area contributed by atoms with Gasteiger partial charge >= 0.3 is 0 Å². The van der Waals surface area contributed by atoms with E-state index in [0.717, 1.165) is 17.5 Å². The Morgan fingerprint density at radius 3 is 2.61 bits per heavy atom. The monoisotopic (exact) mass is 402 g/mol. The number of nitrogens with one attached hydrogen (secondary N) is 2. The van der Waals surface area contributed by atoms with Crippen molar-refractivity contribution in [3.05, 3.63) is 64.2 Å². The molecule has 1 atom stereocenters. The van der Waals surface area contributed by atoms with E-state index in [1.54, 1.807) is 25.3 Å². The maximum Gasteiger partial charge on any atom is 0.251 e. The predicted molar refractivity (Wildman–Crippen MR) is 112 cm³/mol. The molecule has 6 heteroatoms. The zero-order valence-electron chi connectivity index (χ0n) is 16.5. The molecule has 2 N–H and O–H groups in total. The zero-order chi connectivity index (χ0) is 20.5. The highest BCUT2D eigenvalue weighted by Crippen LogP contribution is 2.25. The van der Waals surface area contributed by atoms with Gasteiger partial charge in [0.2, 0.25) is 5.91 Å². The second kappa shape index (κ2) is 10.7. The van der Waals surface area contributed by atoms with Gasteiger partial charge in [0.25, 0.3) is 5.91 Å². The van der Waals surface area contributed by atoms with E-state index < -0.39 is 0 Å². The van der Waals surface area contributed by atoms with E-state index in [0.29, 0.717) is 35.7 Å². The van der Waals surface area contributed by atoms with Crippen LogP contribution in [0.25, 0.3) is 0 Å². The van der Waals surface area contributed by atoms with Crippen LogP contribution in [0.2, 0.25) is 5.02 Å². The number of carbonyl (C=O) groups excluding carboxylic acids is 2. The van der Waals surface area contributed by atoms with Crippen LogP contribution >= 0.6 is 11.6 Å². The number of hydrogen-bond donors (Lipinski definition) is 2. The van der Waals surface area contributed by atoms with Crippen molar-refractivity contribution in [3.8, 4) is 5.75 Å². The first kappa shape index (κ1) is 21.8. The summed E-state index contributed by atoms with van der Waals surface area (Å²) in [6.45, 7) is 4.38. The minimum atomic E-state index is -0.0982. The van der Waals surface area contributed by atoms with Crippen LogP contribution in [0.15, 0.2) is 42.5 Å². The summed E-state index contributed by atoms with van der Waals surface area (Å²) in [5, 5.41) is 6.37. The summed E-state index contributed by atoms with van der Waals surface area (Å²) in [6.07, 6.45) is 1.82. The van der Waals surface area contributed by atoms with Crippen LogP contribution in [0, 0.1) is 0 Å². The number of methoxy groups -OCH3 is 1. The number of rotatable bonds is 9. The minimum absolute atomic E-state index is 0.0543. The molecule has 0 saturated carbocycles. The fraction of sp³-hybridized carbons (Fsp3) is 0.364. The fourth-order valence-electron chi connectivity index (χ4n) is 2.64. The van der Waals surface area contributed by atoms with E-state index in [1.807, 2.05) is 38.1 Å². The second-order valence-electron chi connectivity index (χ2n) is 6.73. The van der Waals surface area contributed by atoms with Gasteiger partial charge in [0.1, 0.15) is 5.75 Å². The Kier molecular flexibility index (Phi) is 8.33. The van der Waals surface area contributed by atoms with Crippen LogP contribution in [0.5, 0.6) is 5.75 Å². The van der Waals surface area contributed by atoms with E-state index >= 15 is 0 Å². The number of ether oxygens (including phenoxy) is 1. The predicted octanol–water partition coefficient (Wildman–Crippen LogP) is 4.13. The first-order chi connectivity index (χ1) is 13.4. The molecule has 0 bridgehead atoms. The average molecular weight is 403 g/mol. The second-order valence-corrected chi connectivity index (χ2v) is 7.14. The molecule has 0 heterocycles. The molecule has 150 valence electrons. The molecule has 0 aliphatic heterocycles. The van der Waals surface area contributed by atoms with E-state index in [-0.39, 0.29) is 17.9 Å². The number of benzene rings is 2. The van der Waals surface area contributed by atoms with Crippen molar-refractivity contribution in [1.82, 2.24) is 10.6 Å². The van der Waals surface area contributed by atoms with Crippen LogP contribution in [0.4, 0.5) is 0 Å². The molecule has 2 aromatic rings. The number of carbonyl (C=O) groups is 2. The van der Waals surface area contributed by atoms with Crippen molar-refractivity contribution in [2.24, 2.45) is 0 Å². The molecule has 0 radical (unpaired) electrons. The molecule has 0 aromatic heterocycles. The largest absolute Gasteiger partial charge is 0.495 e. The maximum atomic E-state index is 12.2. The first-order valence-electron chi connectivity index (χ1n) is 9.41. The molecular formula is C22H27ClN2O3. The highest BCUT2D eigenvalue weighted by Gasteiger charge is 2.10. The number of amides is 2. The van der Waals surface area contributed by atoms with Gasteiger partial charge in [0.05, 0.1) is 12.1 Å². The van der Waals surface area contributed by atoms with Crippen molar-refractivity contribution in [2.75, 3.05) is 7.11 Å². The van der Waals surface area contributed by atoms with Gasteiger partial charge in [-0.15, -0.1) is 0 Å². The Bertz CT molecular complexity index is 823. The van der Waals surface area contributed by atoms with Crippen LogP contribution in [-0.4, -0.2) is 25.0 Å². The van der Waals surface area contributed by atoms with Crippen LogP contribution in [0.1, 0.15) is 48.2 Å². The van der Waals surface area contributed by atoms with E-state index in [9.17, 15) is 9.59 Å². The van der Waals surface area contributed by atoms with E-state index in [4.69, 9.17) is 16.3 Å². The van der Waals surface area contributed by atoms with Gasteiger partial charge in [0, 0.05) is 24.6 Å². The Balaban J connectivity index is 1.85. The van der Waals surface area contributed by atoms with Crippen molar-refractivity contribution in [1.29, 1.82) is 0 Å². The van der Waals surface area contributed by atoms with Gasteiger partial charge in [0.15, 0.2) is 0 Å². The third-order valence-electron chi connectivity index (χ3n) is 4.53. The van der Waals surface area contributed by atoms with Crippen LogP contribution in [-0.2, 0) is 17.8 Å². The van der Waals surface area contributed by atoms with Crippen LogP contribution < -0.4 is 15.4 Å². The number of aryl methyl sites for hydroxylation is 1. The minimum Gasteiger partial charge on any atom is -0.495 e. The Hall–Kier alpha value is -2.53. The summed E-state index contributed by atoms with van der Waals surface area (Å²) in [5.74, 6) is 0.465. The summed E-state index contributed by atoms with van der Waals surface area (Å²) in [6, 6.07) is 12.9.